The highest BCUT2D eigenvalue weighted by Crippen LogP contribution is 2.23. The quantitative estimate of drug-likeness (QED) is 0.331. The van der Waals surface area contributed by atoms with Crippen LogP contribution in [0.4, 0.5) is 0 Å². The molecule has 0 bridgehead atoms. The fourth-order valence-electron chi connectivity index (χ4n) is 3.20. The maximum atomic E-state index is 12.2. The number of hydrogen-bond donors (Lipinski definition) is 3. The Morgan fingerprint density at radius 1 is 1.19 bits per heavy atom. The van der Waals surface area contributed by atoms with E-state index >= 15 is 0 Å². The van der Waals surface area contributed by atoms with Crippen LogP contribution in [0.3, 0.4) is 0 Å². The number of nitrogens with zero attached hydrogens (tertiary/aromatic N) is 1. The summed E-state index contributed by atoms with van der Waals surface area (Å²) >= 11 is 6.06. The minimum atomic E-state index is -0.201. The molecule has 1 saturated heterocycles. The first kappa shape index (κ1) is 22.9. The van der Waals surface area contributed by atoms with Crippen molar-refractivity contribution in [3.8, 4) is 5.75 Å². The van der Waals surface area contributed by atoms with Crippen LogP contribution in [0, 0.1) is 6.92 Å². The molecule has 166 valence electrons. The molecule has 0 saturated carbocycles. The molecule has 7 nitrogen and oxygen atoms in total. The van der Waals surface area contributed by atoms with Gasteiger partial charge in [-0.25, -0.2) is 0 Å². The van der Waals surface area contributed by atoms with Crippen molar-refractivity contribution in [3.63, 3.8) is 0 Å². The van der Waals surface area contributed by atoms with Gasteiger partial charge in [0.1, 0.15) is 11.9 Å². The lowest BCUT2D eigenvalue weighted by molar-refractivity contribution is 0.0954. The molecule has 1 amide bonds. The molecule has 1 fully saturated rings. The lowest BCUT2D eigenvalue weighted by Gasteiger charge is -2.18. The van der Waals surface area contributed by atoms with E-state index in [0.29, 0.717) is 42.8 Å². The Bertz CT molecular complexity index is 913. The standard InChI is InChI=1S/C23H29ClN4O3/c1-16-7-8-17(21(13-16)31-18-9-12-30-15-18)14-28-23(25-2)27-11-10-26-22(29)19-5-3-4-6-20(19)24/h3-8,13,18H,9-12,14-15H2,1-2H3,(H,26,29)(H2,25,27,28). The van der Waals surface area contributed by atoms with Crippen molar-refractivity contribution >= 4 is 23.5 Å². The molecule has 1 aliphatic heterocycles. The van der Waals surface area contributed by atoms with E-state index in [-0.39, 0.29) is 12.0 Å². The van der Waals surface area contributed by atoms with E-state index in [9.17, 15) is 4.79 Å². The third kappa shape index (κ3) is 6.87. The predicted octanol–water partition coefficient (Wildman–Crippen LogP) is 2.91. The number of guanidine groups is 1. The molecule has 2 aromatic rings. The maximum absolute atomic E-state index is 12.2. The van der Waals surface area contributed by atoms with Crippen LogP contribution in [0.15, 0.2) is 47.5 Å². The van der Waals surface area contributed by atoms with Crippen molar-refractivity contribution < 1.29 is 14.3 Å². The van der Waals surface area contributed by atoms with Crippen molar-refractivity contribution in [1.82, 2.24) is 16.0 Å². The molecule has 3 rings (SSSR count). The highest BCUT2D eigenvalue weighted by atomic mass is 35.5. The summed E-state index contributed by atoms with van der Waals surface area (Å²) in [7, 11) is 1.71. The average Bonchev–Trinajstić information content (AvgIpc) is 3.27. The second-order valence-electron chi connectivity index (χ2n) is 7.30. The van der Waals surface area contributed by atoms with E-state index < -0.39 is 0 Å². The van der Waals surface area contributed by atoms with Gasteiger partial charge in [0.2, 0.25) is 0 Å². The first-order valence-corrected chi connectivity index (χ1v) is 10.8. The van der Waals surface area contributed by atoms with Crippen LogP contribution in [-0.2, 0) is 11.3 Å². The molecule has 0 radical (unpaired) electrons. The van der Waals surface area contributed by atoms with Crippen LogP contribution in [-0.4, -0.2) is 51.3 Å². The van der Waals surface area contributed by atoms with Gasteiger partial charge < -0.3 is 25.4 Å². The van der Waals surface area contributed by atoms with Gasteiger partial charge in [-0.1, -0.05) is 35.9 Å². The van der Waals surface area contributed by atoms with Gasteiger partial charge in [0.05, 0.1) is 23.8 Å². The first-order valence-electron chi connectivity index (χ1n) is 10.4. The molecule has 31 heavy (non-hydrogen) atoms. The summed E-state index contributed by atoms with van der Waals surface area (Å²) in [4.78, 5) is 16.4. The summed E-state index contributed by atoms with van der Waals surface area (Å²) < 4.78 is 11.6. The van der Waals surface area contributed by atoms with Crippen LogP contribution in [0.25, 0.3) is 0 Å². The number of nitrogens with one attached hydrogen (secondary N) is 3. The predicted molar refractivity (Wildman–Crippen MR) is 123 cm³/mol. The summed E-state index contributed by atoms with van der Waals surface area (Å²) in [6.07, 6.45) is 1.00. The van der Waals surface area contributed by atoms with Gasteiger partial charge in [-0.3, -0.25) is 9.79 Å². The third-order valence-corrected chi connectivity index (χ3v) is 5.23. The molecule has 1 aliphatic rings. The third-order valence-electron chi connectivity index (χ3n) is 4.90. The van der Waals surface area contributed by atoms with Crippen molar-refractivity contribution in [2.75, 3.05) is 33.4 Å². The fourth-order valence-corrected chi connectivity index (χ4v) is 3.42. The summed E-state index contributed by atoms with van der Waals surface area (Å²) in [5, 5.41) is 9.77. The molecule has 1 atom stereocenters. The number of aryl methyl sites for hydroxylation is 1. The number of ether oxygens (including phenoxy) is 2. The molecular formula is C23H29ClN4O3. The molecule has 3 N–H and O–H groups in total. The van der Waals surface area contributed by atoms with Crippen molar-refractivity contribution in [3.05, 3.63) is 64.2 Å². The summed E-state index contributed by atoms with van der Waals surface area (Å²) in [5.41, 5.74) is 2.66. The second-order valence-corrected chi connectivity index (χ2v) is 7.71. The highest BCUT2D eigenvalue weighted by Gasteiger charge is 2.18. The second kappa shape index (κ2) is 11.6. The van der Waals surface area contributed by atoms with E-state index in [1.54, 1.807) is 31.3 Å². The molecule has 0 aliphatic carbocycles. The van der Waals surface area contributed by atoms with Crippen molar-refractivity contribution in [1.29, 1.82) is 0 Å². The molecule has 1 heterocycles. The zero-order valence-corrected chi connectivity index (χ0v) is 18.7. The minimum absolute atomic E-state index is 0.0970. The fraction of sp³-hybridized carbons (Fsp3) is 0.391. The number of carbonyl (C=O) groups is 1. The van der Waals surface area contributed by atoms with Crippen LogP contribution in [0.2, 0.25) is 5.02 Å². The van der Waals surface area contributed by atoms with E-state index in [4.69, 9.17) is 21.1 Å². The summed E-state index contributed by atoms with van der Waals surface area (Å²) in [6, 6.07) is 13.2. The zero-order chi connectivity index (χ0) is 22.1. The number of halogens is 1. The molecule has 8 heteroatoms. The molecule has 2 aromatic carbocycles. The van der Waals surface area contributed by atoms with Gasteiger partial charge in [-0.05, 0) is 30.7 Å². The van der Waals surface area contributed by atoms with Gasteiger partial charge in [-0.15, -0.1) is 0 Å². The number of amides is 1. The van der Waals surface area contributed by atoms with E-state index in [1.807, 2.05) is 6.92 Å². The molecule has 1 unspecified atom stereocenters. The Morgan fingerprint density at radius 3 is 2.74 bits per heavy atom. The smallest absolute Gasteiger partial charge is 0.252 e. The summed E-state index contributed by atoms with van der Waals surface area (Å²) in [5.74, 6) is 1.31. The van der Waals surface area contributed by atoms with Gasteiger partial charge >= 0.3 is 0 Å². The Balaban J connectivity index is 1.46. The number of carbonyl (C=O) groups excluding carboxylic acids is 1. The largest absolute Gasteiger partial charge is 0.488 e. The monoisotopic (exact) mass is 444 g/mol. The van der Waals surface area contributed by atoms with Gasteiger partial charge in [-0.2, -0.15) is 0 Å². The van der Waals surface area contributed by atoms with Gasteiger partial charge in [0.15, 0.2) is 5.96 Å². The maximum Gasteiger partial charge on any atom is 0.252 e. The number of benzene rings is 2. The van der Waals surface area contributed by atoms with Crippen LogP contribution in [0.1, 0.15) is 27.9 Å². The zero-order valence-electron chi connectivity index (χ0n) is 17.9. The first-order chi connectivity index (χ1) is 15.1. The Kier molecular flexibility index (Phi) is 8.55. The Hall–Kier alpha value is -2.77. The SMILES string of the molecule is CN=C(NCCNC(=O)c1ccccc1Cl)NCc1ccc(C)cc1OC1CCOC1. The van der Waals surface area contributed by atoms with Gasteiger partial charge in [0.25, 0.3) is 5.91 Å². The molecule has 0 aromatic heterocycles. The average molecular weight is 445 g/mol. The van der Waals surface area contributed by atoms with E-state index in [0.717, 1.165) is 29.9 Å². The lowest BCUT2D eigenvalue weighted by atomic mass is 10.1. The number of aliphatic imine (C=N–C) groups is 1. The molecular weight excluding hydrogens is 416 g/mol. The van der Waals surface area contributed by atoms with E-state index in [1.165, 1.54) is 0 Å². The lowest BCUT2D eigenvalue weighted by Crippen LogP contribution is -2.41. The normalized spacial score (nSPS) is 16.1. The van der Waals surface area contributed by atoms with Crippen molar-refractivity contribution in [2.45, 2.75) is 26.0 Å². The van der Waals surface area contributed by atoms with Crippen molar-refractivity contribution in [2.24, 2.45) is 4.99 Å². The van der Waals surface area contributed by atoms with Crippen LogP contribution < -0.4 is 20.7 Å². The van der Waals surface area contributed by atoms with Crippen LogP contribution >= 0.6 is 11.6 Å². The minimum Gasteiger partial charge on any atom is -0.488 e. The Morgan fingerprint density at radius 2 is 2.00 bits per heavy atom. The topological polar surface area (TPSA) is 84.0 Å². The number of hydrogen-bond acceptors (Lipinski definition) is 4. The van der Waals surface area contributed by atoms with E-state index in [2.05, 4.69) is 39.1 Å². The molecule has 0 spiro atoms. The highest BCUT2D eigenvalue weighted by molar-refractivity contribution is 6.33. The summed E-state index contributed by atoms with van der Waals surface area (Å²) in [6.45, 7) is 4.94. The number of rotatable bonds is 8. The van der Waals surface area contributed by atoms with Crippen LogP contribution in [0.5, 0.6) is 5.75 Å². The van der Waals surface area contributed by atoms with Gasteiger partial charge in [0, 0.05) is 38.7 Å². The Labute approximate surface area is 188 Å².